The Bertz CT molecular complexity index is 768. The van der Waals surface area contributed by atoms with E-state index in [2.05, 4.69) is 34.5 Å². The number of piperidine rings is 1. The Morgan fingerprint density at radius 3 is 2.36 bits per heavy atom. The molecule has 150 valence electrons. The van der Waals surface area contributed by atoms with E-state index in [1.54, 1.807) is 32.4 Å². The van der Waals surface area contributed by atoms with Crippen molar-refractivity contribution in [3.63, 3.8) is 0 Å². The van der Waals surface area contributed by atoms with Gasteiger partial charge >= 0.3 is 0 Å². The maximum absolute atomic E-state index is 12.3. The van der Waals surface area contributed by atoms with Gasteiger partial charge in [-0.2, -0.15) is 0 Å². The lowest BCUT2D eigenvalue weighted by Crippen LogP contribution is -2.29. The van der Waals surface area contributed by atoms with Crippen molar-refractivity contribution >= 4 is 11.6 Å². The van der Waals surface area contributed by atoms with E-state index in [4.69, 9.17) is 9.47 Å². The predicted octanol–water partition coefficient (Wildman–Crippen LogP) is 4.06. The minimum Gasteiger partial charge on any atom is -0.493 e. The molecule has 1 N–H and O–H groups in total. The second kappa shape index (κ2) is 10.0. The molecule has 0 saturated carbocycles. The van der Waals surface area contributed by atoms with Crippen LogP contribution in [0.25, 0.3) is 0 Å². The van der Waals surface area contributed by atoms with Gasteiger partial charge in [-0.3, -0.25) is 4.79 Å². The summed E-state index contributed by atoms with van der Waals surface area (Å²) in [7, 11) is 3.15. The molecule has 0 bridgehead atoms. The summed E-state index contributed by atoms with van der Waals surface area (Å²) in [6.45, 7) is 2.98. The van der Waals surface area contributed by atoms with Crippen LogP contribution in [-0.4, -0.2) is 39.8 Å². The molecule has 1 aliphatic rings. The van der Waals surface area contributed by atoms with Gasteiger partial charge in [-0.05, 0) is 68.0 Å². The quantitative estimate of drug-likeness (QED) is 0.700. The number of rotatable bonds is 8. The van der Waals surface area contributed by atoms with Crippen molar-refractivity contribution < 1.29 is 14.3 Å². The molecule has 1 fully saturated rings. The summed E-state index contributed by atoms with van der Waals surface area (Å²) in [4.78, 5) is 14.8. The zero-order chi connectivity index (χ0) is 19.8. The summed E-state index contributed by atoms with van der Waals surface area (Å²) >= 11 is 0. The number of hydrogen-bond acceptors (Lipinski definition) is 4. The molecule has 1 heterocycles. The Hall–Kier alpha value is -2.69. The third-order valence-electron chi connectivity index (χ3n) is 5.23. The molecule has 1 aliphatic heterocycles. The molecular weight excluding hydrogens is 352 g/mol. The molecule has 28 heavy (non-hydrogen) atoms. The van der Waals surface area contributed by atoms with Gasteiger partial charge in [0.05, 0.1) is 14.2 Å². The van der Waals surface area contributed by atoms with Gasteiger partial charge < -0.3 is 19.7 Å². The van der Waals surface area contributed by atoms with Crippen molar-refractivity contribution in [1.29, 1.82) is 0 Å². The van der Waals surface area contributed by atoms with E-state index in [1.165, 1.54) is 43.6 Å². The van der Waals surface area contributed by atoms with E-state index in [1.807, 2.05) is 0 Å². The first kappa shape index (κ1) is 20.1. The van der Waals surface area contributed by atoms with E-state index in [0.717, 1.165) is 12.8 Å². The van der Waals surface area contributed by atoms with Gasteiger partial charge in [-0.25, -0.2) is 0 Å². The summed E-state index contributed by atoms with van der Waals surface area (Å²) in [5.41, 5.74) is 3.20. The highest BCUT2D eigenvalue weighted by atomic mass is 16.5. The Morgan fingerprint density at radius 2 is 1.68 bits per heavy atom. The fraction of sp³-hybridized carbons (Fsp3) is 0.435. The first-order valence-corrected chi connectivity index (χ1v) is 10.1. The third-order valence-corrected chi connectivity index (χ3v) is 5.23. The van der Waals surface area contributed by atoms with Crippen LogP contribution >= 0.6 is 0 Å². The number of methoxy groups -OCH3 is 2. The molecule has 5 nitrogen and oxygen atoms in total. The van der Waals surface area contributed by atoms with Gasteiger partial charge in [0, 0.05) is 30.9 Å². The molecule has 2 aromatic carbocycles. The van der Waals surface area contributed by atoms with Gasteiger partial charge in [0.2, 0.25) is 0 Å². The van der Waals surface area contributed by atoms with Crippen molar-refractivity contribution in [2.45, 2.75) is 32.1 Å². The van der Waals surface area contributed by atoms with Crippen molar-refractivity contribution in [2.24, 2.45) is 0 Å². The fourth-order valence-corrected chi connectivity index (χ4v) is 3.60. The van der Waals surface area contributed by atoms with Crippen LogP contribution in [0.1, 0.15) is 41.6 Å². The number of amides is 1. The minimum absolute atomic E-state index is 0.0959. The van der Waals surface area contributed by atoms with E-state index in [-0.39, 0.29) is 5.91 Å². The molecule has 0 aliphatic carbocycles. The Kier molecular flexibility index (Phi) is 7.18. The molecule has 1 amide bonds. The average molecular weight is 383 g/mol. The predicted molar refractivity (Wildman–Crippen MR) is 113 cm³/mol. The minimum atomic E-state index is -0.0959. The molecule has 0 unspecified atom stereocenters. The number of aryl methyl sites for hydroxylation is 1. The zero-order valence-corrected chi connectivity index (χ0v) is 16.9. The molecule has 5 heteroatoms. The van der Waals surface area contributed by atoms with Gasteiger partial charge in [0.15, 0.2) is 11.5 Å². The number of nitrogens with one attached hydrogen (secondary N) is 1. The number of benzene rings is 2. The van der Waals surface area contributed by atoms with Crippen LogP contribution in [0.3, 0.4) is 0 Å². The van der Waals surface area contributed by atoms with Crippen LogP contribution in [0.4, 0.5) is 5.69 Å². The molecular formula is C23H30N2O3. The molecule has 3 rings (SSSR count). The monoisotopic (exact) mass is 382 g/mol. The van der Waals surface area contributed by atoms with Crippen LogP contribution in [0, 0.1) is 0 Å². The maximum atomic E-state index is 12.3. The average Bonchev–Trinajstić information content (AvgIpc) is 2.77. The first-order chi connectivity index (χ1) is 13.7. The topological polar surface area (TPSA) is 50.8 Å². The van der Waals surface area contributed by atoms with E-state index in [9.17, 15) is 4.79 Å². The Morgan fingerprint density at radius 1 is 0.964 bits per heavy atom. The maximum Gasteiger partial charge on any atom is 0.251 e. The normalized spacial score (nSPS) is 13.9. The van der Waals surface area contributed by atoms with E-state index < -0.39 is 0 Å². The Labute approximate surface area is 167 Å². The lowest BCUT2D eigenvalue weighted by atomic mass is 10.1. The summed E-state index contributed by atoms with van der Waals surface area (Å²) in [6.07, 6.45) is 5.79. The molecule has 2 aromatic rings. The van der Waals surface area contributed by atoms with E-state index in [0.29, 0.717) is 23.6 Å². The molecule has 0 spiro atoms. The van der Waals surface area contributed by atoms with Crippen molar-refractivity contribution in [3.05, 3.63) is 53.6 Å². The van der Waals surface area contributed by atoms with Gasteiger partial charge in [0.1, 0.15) is 0 Å². The summed E-state index contributed by atoms with van der Waals surface area (Å²) in [5, 5.41) is 2.98. The standard InChI is InChI=1S/C23H30N2O3/c1-27-21-13-10-19(17-22(21)28-2)23(26)24-14-6-7-18-8-11-20(12-9-18)25-15-4-3-5-16-25/h8-13,17H,3-7,14-16H2,1-2H3,(H,24,26). The number of anilines is 1. The SMILES string of the molecule is COc1ccc(C(=O)NCCCc2ccc(N3CCCCC3)cc2)cc1OC. The van der Waals surface area contributed by atoms with Crippen molar-refractivity contribution in [1.82, 2.24) is 5.32 Å². The van der Waals surface area contributed by atoms with Crippen LogP contribution in [0.5, 0.6) is 11.5 Å². The number of carbonyl (C=O) groups excluding carboxylic acids is 1. The smallest absolute Gasteiger partial charge is 0.251 e. The zero-order valence-electron chi connectivity index (χ0n) is 16.9. The lowest BCUT2D eigenvalue weighted by Gasteiger charge is -2.28. The summed E-state index contributed by atoms with van der Waals surface area (Å²) < 4.78 is 10.5. The first-order valence-electron chi connectivity index (χ1n) is 10.1. The number of carbonyl (C=O) groups is 1. The largest absolute Gasteiger partial charge is 0.493 e. The van der Waals surface area contributed by atoms with Gasteiger partial charge in [-0.15, -0.1) is 0 Å². The Balaban J connectivity index is 1.44. The third kappa shape index (κ3) is 5.18. The number of nitrogens with zero attached hydrogens (tertiary/aromatic N) is 1. The molecule has 0 aromatic heterocycles. The second-order valence-corrected chi connectivity index (χ2v) is 7.14. The van der Waals surface area contributed by atoms with E-state index >= 15 is 0 Å². The number of hydrogen-bond donors (Lipinski definition) is 1. The fourth-order valence-electron chi connectivity index (χ4n) is 3.60. The van der Waals surface area contributed by atoms with Crippen LogP contribution < -0.4 is 19.7 Å². The van der Waals surface area contributed by atoms with Crippen molar-refractivity contribution in [2.75, 3.05) is 38.8 Å². The molecule has 0 radical (unpaired) electrons. The molecule has 1 saturated heterocycles. The summed E-state index contributed by atoms with van der Waals surface area (Å²) in [6, 6.07) is 14.1. The second-order valence-electron chi connectivity index (χ2n) is 7.14. The van der Waals surface area contributed by atoms with Crippen LogP contribution in [0.2, 0.25) is 0 Å². The number of ether oxygens (including phenoxy) is 2. The molecule has 0 atom stereocenters. The van der Waals surface area contributed by atoms with Crippen LogP contribution in [0.15, 0.2) is 42.5 Å². The lowest BCUT2D eigenvalue weighted by molar-refractivity contribution is 0.0953. The van der Waals surface area contributed by atoms with Crippen LogP contribution in [-0.2, 0) is 6.42 Å². The van der Waals surface area contributed by atoms with Gasteiger partial charge in [-0.1, -0.05) is 12.1 Å². The highest BCUT2D eigenvalue weighted by Gasteiger charge is 2.11. The summed E-state index contributed by atoms with van der Waals surface area (Å²) in [5.74, 6) is 1.08. The highest BCUT2D eigenvalue weighted by Crippen LogP contribution is 2.27. The van der Waals surface area contributed by atoms with Crippen molar-refractivity contribution in [3.8, 4) is 11.5 Å². The van der Waals surface area contributed by atoms with Gasteiger partial charge in [0.25, 0.3) is 5.91 Å². The highest BCUT2D eigenvalue weighted by molar-refractivity contribution is 5.94.